The second-order valence-electron chi connectivity index (χ2n) is 5.49. The van der Waals surface area contributed by atoms with Gasteiger partial charge in [0.2, 0.25) is 12.1 Å². The van der Waals surface area contributed by atoms with Crippen molar-refractivity contribution in [1.29, 1.82) is 0 Å². The first-order valence-electron chi connectivity index (χ1n) is 7.47. The first-order chi connectivity index (χ1) is 12.2. The number of nitrogens with one attached hydrogen (secondary N) is 1. The number of hydrogen-bond donors (Lipinski definition) is 1. The van der Waals surface area contributed by atoms with Crippen LogP contribution < -0.4 is 14.8 Å². The minimum Gasteiger partial charge on any atom is -0.497 e. The molecular weight excluding hydrogens is 353 g/mol. The lowest BCUT2D eigenvalue weighted by atomic mass is 9.88. The minimum absolute atomic E-state index is 0.0239. The Kier molecular flexibility index (Phi) is 5.59. The van der Waals surface area contributed by atoms with Crippen LogP contribution in [0.4, 0.5) is 18.9 Å². The fraction of sp³-hybridized carbons (Fsp3) is 0.294. The molecule has 1 N–H and O–H groups in total. The Bertz CT molecular complexity index is 746. The van der Waals surface area contributed by atoms with E-state index in [-0.39, 0.29) is 22.7 Å². The highest BCUT2D eigenvalue weighted by atomic mass is 19.4. The molecule has 0 radical (unpaired) electrons. The van der Waals surface area contributed by atoms with Crippen LogP contribution in [-0.2, 0) is 5.54 Å². The van der Waals surface area contributed by atoms with Crippen LogP contribution in [0.1, 0.15) is 5.56 Å². The number of rotatable bonds is 7. The quantitative estimate of drug-likeness (QED) is 0.592. The van der Waals surface area contributed by atoms with Gasteiger partial charge in [-0.05, 0) is 5.56 Å². The zero-order valence-corrected chi connectivity index (χ0v) is 14.0. The molecule has 0 saturated heterocycles. The number of nitrogens with zero attached hydrogens (tertiary/aromatic N) is 1. The van der Waals surface area contributed by atoms with Crippen molar-refractivity contribution in [2.24, 2.45) is 0 Å². The summed E-state index contributed by atoms with van der Waals surface area (Å²) < 4.78 is 52.2. The molecule has 26 heavy (non-hydrogen) atoms. The van der Waals surface area contributed by atoms with Crippen molar-refractivity contribution in [3.8, 4) is 11.5 Å². The van der Waals surface area contributed by atoms with E-state index in [9.17, 15) is 23.3 Å². The molecule has 1 atom stereocenters. The number of nitro groups is 1. The number of hydrogen-bond acceptors (Lipinski definition) is 5. The second-order valence-corrected chi connectivity index (χ2v) is 5.49. The summed E-state index contributed by atoms with van der Waals surface area (Å²) in [7, 11) is 2.70. The molecule has 6 nitrogen and oxygen atoms in total. The molecule has 0 aliphatic heterocycles. The molecule has 0 saturated carbocycles. The highest BCUT2D eigenvalue weighted by Gasteiger charge is 2.60. The first-order valence-corrected chi connectivity index (χ1v) is 7.47. The van der Waals surface area contributed by atoms with Crippen molar-refractivity contribution in [2.45, 2.75) is 11.7 Å². The average Bonchev–Trinajstić information content (AvgIpc) is 2.60. The maximum Gasteiger partial charge on any atom is 0.422 e. The number of alkyl halides is 3. The van der Waals surface area contributed by atoms with Crippen LogP contribution in [0.3, 0.4) is 0 Å². The number of halogens is 3. The van der Waals surface area contributed by atoms with Gasteiger partial charge < -0.3 is 14.8 Å². The van der Waals surface area contributed by atoms with Gasteiger partial charge >= 0.3 is 6.18 Å². The van der Waals surface area contributed by atoms with Crippen molar-refractivity contribution in [2.75, 3.05) is 26.1 Å². The molecule has 0 aliphatic rings. The van der Waals surface area contributed by atoms with Crippen LogP contribution in [0.15, 0.2) is 48.5 Å². The normalized spacial score (nSPS) is 13.6. The van der Waals surface area contributed by atoms with E-state index in [0.717, 1.165) is 0 Å². The van der Waals surface area contributed by atoms with E-state index >= 15 is 0 Å². The van der Waals surface area contributed by atoms with E-state index in [4.69, 9.17) is 9.47 Å². The van der Waals surface area contributed by atoms with E-state index in [2.05, 4.69) is 5.32 Å². The highest BCUT2D eigenvalue weighted by Crippen LogP contribution is 2.43. The Morgan fingerprint density at radius 2 is 1.58 bits per heavy atom. The minimum atomic E-state index is -4.95. The molecule has 0 bridgehead atoms. The molecule has 9 heteroatoms. The Hall–Kier alpha value is -2.97. The molecule has 0 amide bonds. The SMILES string of the molecule is COc1cc(N[C@@](C[N+](=O)[O-])(c2ccccc2)C(F)(F)F)cc(OC)c1. The monoisotopic (exact) mass is 370 g/mol. The summed E-state index contributed by atoms with van der Waals surface area (Å²) in [6.07, 6.45) is -4.95. The van der Waals surface area contributed by atoms with Crippen molar-refractivity contribution < 1.29 is 27.6 Å². The summed E-state index contributed by atoms with van der Waals surface area (Å²) in [5.74, 6) is 0.495. The molecule has 0 fully saturated rings. The van der Waals surface area contributed by atoms with Crippen molar-refractivity contribution in [3.05, 3.63) is 64.2 Å². The van der Waals surface area contributed by atoms with Gasteiger partial charge in [-0.1, -0.05) is 30.3 Å². The number of benzene rings is 2. The van der Waals surface area contributed by atoms with E-state index < -0.39 is 23.2 Å². The topological polar surface area (TPSA) is 73.6 Å². The lowest BCUT2D eigenvalue weighted by molar-refractivity contribution is -0.499. The maximum atomic E-state index is 14.0. The van der Waals surface area contributed by atoms with Crippen LogP contribution in [0.5, 0.6) is 11.5 Å². The van der Waals surface area contributed by atoms with Gasteiger partial charge in [-0.3, -0.25) is 10.1 Å². The van der Waals surface area contributed by atoms with Crippen molar-refractivity contribution >= 4 is 5.69 Å². The Morgan fingerprint density at radius 1 is 1.04 bits per heavy atom. The van der Waals surface area contributed by atoms with E-state index in [1.807, 2.05) is 0 Å². The average molecular weight is 370 g/mol. The summed E-state index contributed by atoms with van der Waals surface area (Å²) in [5, 5.41) is 13.4. The number of ether oxygens (including phenoxy) is 2. The van der Waals surface area contributed by atoms with Crippen LogP contribution in [0.2, 0.25) is 0 Å². The van der Waals surface area contributed by atoms with Crippen LogP contribution in [-0.4, -0.2) is 31.9 Å². The first kappa shape index (κ1) is 19.4. The summed E-state index contributed by atoms with van der Waals surface area (Å²) in [4.78, 5) is 10.1. The number of methoxy groups -OCH3 is 2. The molecule has 0 heterocycles. The largest absolute Gasteiger partial charge is 0.497 e. The van der Waals surface area contributed by atoms with Gasteiger partial charge in [-0.2, -0.15) is 13.2 Å². The zero-order chi connectivity index (χ0) is 19.4. The van der Waals surface area contributed by atoms with Crippen LogP contribution >= 0.6 is 0 Å². The Balaban J connectivity index is 2.63. The summed E-state index contributed by atoms with van der Waals surface area (Å²) in [5.41, 5.74) is -3.22. The van der Waals surface area contributed by atoms with Gasteiger partial charge in [-0.15, -0.1) is 0 Å². The molecule has 140 valence electrons. The zero-order valence-electron chi connectivity index (χ0n) is 14.0. The maximum absolute atomic E-state index is 14.0. The van der Waals surface area contributed by atoms with E-state index in [1.165, 1.54) is 62.8 Å². The third kappa shape index (κ3) is 3.98. The predicted octanol–water partition coefficient (Wildman–Crippen LogP) is 3.85. The summed E-state index contributed by atoms with van der Waals surface area (Å²) in [6.45, 7) is -1.39. The van der Waals surface area contributed by atoms with Gasteiger partial charge in [0.15, 0.2) is 0 Å². The molecule has 0 unspecified atom stereocenters. The molecule has 2 rings (SSSR count). The third-order valence-electron chi connectivity index (χ3n) is 3.83. The van der Waals surface area contributed by atoms with Gasteiger partial charge in [0.25, 0.3) is 0 Å². The highest BCUT2D eigenvalue weighted by molar-refractivity contribution is 5.56. The van der Waals surface area contributed by atoms with Gasteiger partial charge in [0, 0.05) is 28.8 Å². The fourth-order valence-corrected chi connectivity index (χ4v) is 2.57. The molecule has 0 aliphatic carbocycles. The third-order valence-corrected chi connectivity index (χ3v) is 3.83. The standard InChI is InChI=1S/C17H17F3N2O4/c1-25-14-8-13(9-15(10-14)26-2)21-16(11-22(23)24,17(18,19)20)12-6-4-3-5-7-12/h3-10,21H,11H2,1-2H3/t16-/m0/s1. The van der Waals surface area contributed by atoms with Gasteiger partial charge in [0.05, 0.1) is 14.2 Å². The Morgan fingerprint density at radius 3 is 2.00 bits per heavy atom. The molecule has 0 aromatic heterocycles. The van der Waals surface area contributed by atoms with Crippen LogP contribution in [0.25, 0.3) is 0 Å². The Labute approximate surface area is 147 Å². The molecule has 2 aromatic rings. The summed E-state index contributed by atoms with van der Waals surface area (Å²) >= 11 is 0. The predicted molar refractivity (Wildman–Crippen MR) is 89.2 cm³/mol. The number of anilines is 1. The van der Waals surface area contributed by atoms with E-state index in [1.54, 1.807) is 0 Å². The lowest BCUT2D eigenvalue weighted by Crippen LogP contribution is -2.53. The van der Waals surface area contributed by atoms with Crippen molar-refractivity contribution in [3.63, 3.8) is 0 Å². The summed E-state index contributed by atoms with van der Waals surface area (Å²) in [6, 6.07) is 10.8. The van der Waals surface area contributed by atoms with E-state index in [0.29, 0.717) is 0 Å². The van der Waals surface area contributed by atoms with Crippen molar-refractivity contribution in [1.82, 2.24) is 0 Å². The molecule has 2 aromatic carbocycles. The molecule has 0 spiro atoms. The van der Waals surface area contributed by atoms with Gasteiger partial charge in [-0.25, -0.2) is 0 Å². The second kappa shape index (κ2) is 7.51. The molecular formula is C17H17F3N2O4. The van der Waals surface area contributed by atoms with Gasteiger partial charge in [0.1, 0.15) is 11.5 Å². The fourth-order valence-electron chi connectivity index (χ4n) is 2.57. The van der Waals surface area contributed by atoms with Crippen LogP contribution in [0, 0.1) is 10.1 Å². The lowest BCUT2D eigenvalue weighted by Gasteiger charge is -2.34. The smallest absolute Gasteiger partial charge is 0.422 e.